The highest BCUT2D eigenvalue weighted by Gasteiger charge is 2.37. The normalized spacial score (nSPS) is 28.9. The highest BCUT2D eigenvalue weighted by Crippen LogP contribution is 2.26. The molecule has 0 spiro atoms. The van der Waals surface area contributed by atoms with Crippen molar-refractivity contribution in [3.05, 3.63) is 29.8 Å². The van der Waals surface area contributed by atoms with E-state index < -0.39 is 12.0 Å². The molecule has 0 amide bonds. The van der Waals surface area contributed by atoms with Gasteiger partial charge in [-0.15, -0.1) is 0 Å². The van der Waals surface area contributed by atoms with Crippen LogP contribution in [0.25, 0.3) is 0 Å². The van der Waals surface area contributed by atoms with Crippen molar-refractivity contribution in [2.24, 2.45) is 21.5 Å². The van der Waals surface area contributed by atoms with Crippen molar-refractivity contribution in [2.75, 3.05) is 0 Å². The van der Waals surface area contributed by atoms with Gasteiger partial charge in [-0.3, -0.25) is 10.7 Å². The fourth-order valence-corrected chi connectivity index (χ4v) is 1.61. The highest BCUT2D eigenvalue weighted by atomic mass is 19.1. The van der Waals surface area contributed by atoms with E-state index in [0.29, 0.717) is 5.56 Å². The molecule has 1 aromatic rings. The molecule has 2 unspecified atom stereocenters. The van der Waals surface area contributed by atoms with Crippen LogP contribution in [-0.2, 0) is 5.67 Å². The van der Waals surface area contributed by atoms with E-state index in [-0.39, 0.29) is 5.84 Å². The number of rotatable bonds is 1. The average Bonchev–Trinajstić information content (AvgIpc) is 2.24. The lowest BCUT2D eigenvalue weighted by molar-refractivity contribution is 0.356. The molecular formula is C10H12BFN4. The van der Waals surface area contributed by atoms with Crippen molar-refractivity contribution in [1.82, 2.24) is 0 Å². The van der Waals surface area contributed by atoms with Crippen molar-refractivity contribution < 1.29 is 4.39 Å². The minimum absolute atomic E-state index is 0.152. The van der Waals surface area contributed by atoms with Crippen LogP contribution in [0.1, 0.15) is 5.56 Å². The molecule has 2 atom stereocenters. The van der Waals surface area contributed by atoms with Crippen LogP contribution in [0, 0.1) is 0 Å². The first-order valence-electron chi connectivity index (χ1n) is 4.92. The van der Waals surface area contributed by atoms with Gasteiger partial charge in [0, 0.05) is 5.56 Å². The number of hydrogen-bond acceptors (Lipinski definition) is 4. The van der Waals surface area contributed by atoms with Gasteiger partial charge in [-0.25, -0.2) is 9.38 Å². The fourth-order valence-electron chi connectivity index (χ4n) is 1.61. The Balaban J connectivity index is 2.47. The summed E-state index contributed by atoms with van der Waals surface area (Å²) < 4.78 is 14.6. The van der Waals surface area contributed by atoms with Gasteiger partial charge >= 0.3 is 0 Å². The summed E-state index contributed by atoms with van der Waals surface area (Å²) in [7, 11) is 1.88. The summed E-state index contributed by atoms with van der Waals surface area (Å²) in [5.74, 6) is -0.152. The summed E-state index contributed by atoms with van der Waals surface area (Å²) in [4.78, 5) is 7.49. The van der Waals surface area contributed by atoms with E-state index >= 15 is 0 Å². The second-order valence-corrected chi connectivity index (χ2v) is 3.79. The minimum Gasteiger partial charge on any atom is -0.384 e. The third kappa shape index (κ3) is 1.72. The van der Waals surface area contributed by atoms with E-state index in [0.717, 1.165) is 11.7 Å². The third-order valence-electron chi connectivity index (χ3n) is 2.49. The molecule has 1 aromatic carbocycles. The molecule has 0 saturated carbocycles. The quantitative estimate of drug-likeness (QED) is 0.580. The molecule has 1 heterocycles. The van der Waals surface area contributed by atoms with Crippen LogP contribution in [0.15, 0.2) is 34.3 Å². The minimum atomic E-state index is -1.94. The van der Waals surface area contributed by atoms with Crippen LogP contribution in [0.5, 0.6) is 0 Å². The van der Waals surface area contributed by atoms with Crippen LogP contribution in [-0.4, -0.2) is 26.2 Å². The predicted octanol–water partition coefficient (Wildman–Crippen LogP) is -1.21. The second-order valence-electron chi connectivity index (χ2n) is 3.79. The maximum atomic E-state index is 14.6. The molecular weight excluding hydrogens is 206 g/mol. The topological polar surface area (TPSA) is 76.8 Å². The Morgan fingerprint density at radius 2 is 2.19 bits per heavy atom. The molecule has 2 rings (SSSR count). The molecule has 6 heteroatoms. The zero-order valence-corrected chi connectivity index (χ0v) is 8.89. The molecule has 0 radical (unpaired) electrons. The molecule has 0 aromatic heterocycles. The summed E-state index contributed by atoms with van der Waals surface area (Å²) in [5.41, 5.74) is 10.4. The summed E-state index contributed by atoms with van der Waals surface area (Å²) in [5, 5.41) is 0. The Morgan fingerprint density at radius 3 is 2.81 bits per heavy atom. The molecule has 1 aliphatic rings. The van der Waals surface area contributed by atoms with Crippen LogP contribution in [0.3, 0.4) is 0 Å². The number of hydrogen-bond donors (Lipinski definition) is 2. The lowest BCUT2D eigenvalue weighted by Crippen LogP contribution is -2.44. The van der Waals surface area contributed by atoms with Crippen molar-refractivity contribution >= 4 is 25.4 Å². The number of benzene rings is 1. The van der Waals surface area contributed by atoms with E-state index in [1.807, 2.05) is 13.9 Å². The van der Waals surface area contributed by atoms with E-state index in [1.165, 1.54) is 0 Å². The van der Waals surface area contributed by atoms with Crippen LogP contribution < -0.4 is 16.9 Å². The van der Waals surface area contributed by atoms with Gasteiger partial charge in [0.1, 0.15) is 13.7 Å². The van der Waals surface area contributed by atoms with E-state index in [1.54, 1.807) is 18.2 Å². The Hall–Kier alpha value is -1.69. The first-order chi connectivity index (χ1) is 7.52. The van der Waals surface area contributed by atoms with Crippen molar-refractivity contribution in [3.63, 3.8) is 0 Å². The van der Waals surface area contributed by atoms with Crippen LogP contribution in [0.2, 0.25) is 0 Å². The zero-order chi connectivity index (χ0) is 11.8. The number of aliphatic imine (C=N–C) groups is 2. The van der Waals surface area contributed by atoms with Gasteiger partial charge < -0.3 is 5.73 Å². The maximum Gasteiger partial charge on any atom is 0.226 e. The van der Waals surface area contributed by atoms with Crippen molar-refractivity contribution in [2.45, 2.75) is 12.0 Å². The zero-order valence-electron chi connectivity index (χ0n) is 8.89. The summed E-state index contributed by atoms with van der Waals surface area (Å²) in [6.07, 6.45) is 0.322. The Bertz CT molecular complexity index is 474. The van der Waals surface area contributed by atoms with Gasteiger partial charge in [0.15, 0.2) is 6.29 Å². The highest BCUT2D eigenvalue weighted by molar-refractivity contribution is 6.32. The SMILES string of the molecule is Bc1cccc(C2(F)C=NC(N)N=C2N)c1. The molecule has 0 saturated heterocycles. The molecule has 0 aliphatic carbocycles. The van der Waals surface area contributed by atoms with Gasteiger partial charge in [-0.1, -0.05) is 29.7 Å². The van der Waals surface area contributed by atoms with Crippen molar-refractivity contribution in [1.29, 1.82) is 0 Å². The molecule has 0 fully saturated rings. The summed E-state index contributed by atoms with van der Waals surface area (Å²) in [6.45, 7) is 0. The van der Waals surface area contributed by atoms with E-state index in [4.69, 9.17) is 11.5 Å². The molecule has 82 valence electrons. The first-order valence-corrected chi connectivity index (χ1v) is 4.92. The second kappa shape index (κ2) is 3.71. The van der Waals surface area contributed by atoms with Gasteiger partial charge in [-0.05, 0) is 0 Å². The predicted molar refractivity (Wildman–Crippen MR) is 65.5 cm³/mol. The van der Waals surface area contributed by atoms with Gasteiger partial charge in [0.25, 0.3) is 0 Å². The standard InChI is InChI=1S/C10H12BFN4/c11-7-3-1-2-6(4-7)10(12)5-15-9(14)16-8(10)13/h1-5,9H,11,14H2,(H2,13,16). The smallest absolute Gasteiger partial charge is 0.226 e. The molecule has 4 nitrogen and oxygen atoms in total. The van der Waals surface area contributed by atoms with Gasteiger partial charge in [0.2, 0.25) is 5.67 Å². The number of alkyl halides is 1. The first kappa shape index (κ1) is 10.8. The number of halogens is 1. The van der Waals surface area contributed by atoms with Crippen LogP contribution in [0.4, 0.5) is 4.39 Å². The average molecular weight is 218 g/mol. The summed E-state index contributed by atoms with van der Waals surface area (Å²) >= 11 is 0. The Kier molecular flexibility index (Phi) is 2.51. The fraction of sp³-hybridized carbons (Fsp3) is 0.200. The van der Waals surface area contributed by atoms with E-state index in [9.17, 15) is 4.39 Å². The number of amidine groups is 1. The van der Waals surface area contributed by atoms with E-state index in [2.05, 4.69) is 9.98 Å². The molecule has 1 aliphatic heterocycles. The Labute approximate surface area is 93.7 Å². The monoisotopic (exact) mass is 218 g/mol. The lowest BCUT2D eigenvalue weighted by Gasteiger charge is -2.25. The Morgan fingerprint density at radius 1 is 1.44 bits per heavy atom. The number of nitrogens with zero attached hydrogens (tertiary/aromatic N) is 2. The lowest BCUT2D eigenvalue weighted by atomic mass is 9.88. The maximum absolute atomic E-state index is 14.6. The largest absolute Gasteiger partial charge is 0.384 e. The molecule has 4 N–H and O–H groups in total. The molecule has 16 heavy (non-hydrogen) atoms. The number of nitrogens with two attached hydrogens (primary N) is 2. The third-order valence-corrected chi connectivity index (χ3v) is 2.49. The van der Waals surface area contributed by atoms with Crippen molar-refractivity contribution in [3.8, 4) is 0 Å². The van der Waals surface area contributed by atoms with Crippen LogP contribution >= 0.6 is 0 Å². The van der Waals surface area contributed by atoms with Gasteiger partial charge in [0.05, 0.1) is 6.21 Å². The summed E-state index contributed by atoms with van der Waals surface area (Å²) in [6, 6.07) is 7.01. The van der Waals surface area contributed by atoms with Gasteiger partial charge in [-0.2, -0.15) is 0 Å². The molecule has 0 bridgehead atoms.